The highest BCUT2D eigenvalue weighted by atomic mass is 32.2. The molecular formula is C16H28FNO6S. The molecule has 0 aromatic carbocycles. The quantitative estimate of drug-likeness (QED) is 0.617. The van der Waals surface area contributed by atoms with Crippen molar-refractivity contribution in [1.29, 1.82) is 0 Å². The summed E-state index contributed by atoms with van der Waals surface area (Å²) in [6, 6.07) is 0. The van der Waals surface area contributed by atoms with Gasteiger partial charge in [-0.05, 0) is 31.1 Å². The number of carbonyl (C=O) groups excluding carboxylic acids is 1. The predicted octanol–water partition coefficient (Wildman–Crippen LogP) is 0.496. The number of amides is 1. The molecule has 1 aliphatic heterocycles. The highest BCUT2D eigenvalue weighted by Crippen LogP contribution is 2.37. The standard InChI is InChI=1S/C16H28FNO6S/c1-9-3-4-11(7-9)8-13-16(21)14(17)15(20)12(24-13)5-6-25(22,23)18-10(2)19/h9,11-16,20-21H,3-8H2,1-2H3,(H,18,19)/t9?,11?,12?,13?,14?,15-,16-/m1/s1. The molecule has 146 valence electrons. The molecule has 25 heavy (non-hydrogen) atoms. The second-order valence-electron chi connectivity index (χ2n) is 7.42. The van der Waals surface area contributed by atoms with Crippen molar-refractivity contribution in [1.82, 2.24) is 4.72 Å². The highest BCUT2D eigenvalue weighted by Gasteiger charge is 2.45. The van der Waals surface area contributed by atoms with E-state index < -0.39 is 52.3 Å². The van der Waals surface area contributed by atoms with Crippen molar-refractivity contribution >= 4 is 15.9 Å². The molecule has 0 aromatic heterocycles. The van der Waals surface area contributed by atoms with E-state index in [0.29, 0.717) is 18.3 Å². The van der Waals surface area contributed by atoms with Crippen LogP contribution in [-0.4, -0.2) is 60.9 Å². The van der Waals surface area contributed by atoms with Gasteiger partial charge in [-0.1, -0.05) is 19.8 Å². The second-order valence-corrected chi connectivity index (χ2v) is 9.27. The monoisotopic (exact) mass is 381 g/mol. The number of aliphatic hydroxyl groups is 2. The molecule has 9 heteroatoms. The van der Waals surface area contributed by atoms with E-state index in [2.05, 4.69) is 6.92 Å². The first-order chi connectivity index (χ1) is 11.6. The number of sulfonamides is 1. The molecule has 5 unspecified atom stereocenters. The van der Waals surface area contributed by atoms with Gasteiger partial charge in [-0.25, -0.2) is 12.8 Å². The first kappa shape index (κ1) is 20.5. The maximum absolute atomic E-state index is 14.3. The van der Waals surface area contributed by atoms with Crippen LogP contribution in [0, 0.1) is 11.8 Å². The third-order valence-corrected chi connectivity index (χ3v) is 6.47. The first-order valence-corrected chi connectivity index (χ1v) is 10.4. The van der Waals surface area contributed by atoms with Crippen LogP contribution in [0.15, 0.2) is 0 Å². The van der Waals surface area contributed by atoms with Gasteiger partial charge >= 0.3 is 0 Å². The zero-order chi connectivity index (χ0) is 18.8. The number of nitrogens with one attached hydrogen (secondary N) is 1. The number of hydrogen-bond acceptors (Lipinski definition) is 6. The van der Waals surface area contributed by atoms with Gasteiger partial charge < -0.3 is 14.9 Å². The van der Waals surface area contributed by atoms with E-state index in [9.17, 15) is 27.8 Å². The molecule has 2 aliphatic rings. The van der Waals surface area contributed by atoms with Gasteiger partial charge in [-0.15, -0.1) is 0 Å². The molecule has 1 saturated heterocycles. The zero-order valence-electron chi connectivity index (χ0n) is 14.6. The van der Waals surface area contributed by atoms with Crippen LogP contribution in [0.3, 0.4) is 0 Å². The smallest absolute Gasteiger partial charge is 0.234 e. The van der Waals surface area contributed by atoms with Gasteiger partial charge in [0.15, 0.2) is 6.17 Å². The van der Waals surface area contributed by atoms with E-state index in [-0.39, 0.29) is 6.42 Å². The number of rotatable bonds is 6. The molecule has 2 fully saturated rings. The second kappa shape index (κ2) is 8.28. The average molecular weight is 381 g/mol. The third-order valence-electron chi connectivity index (χ3n) is 5.10. The summed E-state index contributed by atoms with van der Waals surface area (Å²) in [4.78, 5) is 10.9. The largest absolute Gasteiger partial charge is 0.387 e. The van der Waals surface area contributed by atoms with Gasteiger partial charge in [0.05, 0.1) is 18.0 Å². The van der Waals surface area contributed by atoms with E-state index >= 15 is 0 Å². The van der Waals surface area contributed by atoms with Crippen LogP contribution in [0.5, 0.6) is 0 Å². The summed E-state index contributed by atoms with van der Waals surface area (Å²) in [6.07, 6.45) is -3.28. The van der Waals surface area contributed by atoms with E-state index in [0.717, 1.165) is 26.2 Å². The molecule has 1 heterocycles. The van der Waals surface area contributed by atoms with E-state index in [1.54, 1.807) is 0 Å². The zero-order valence-corrected chi connectivity index (χ0v) is 15.4. The van der Waals surface area contributed by atoms with Crippen molar-refractivity contribution in [2.75, 3.05) is 5.75 Å². The molecule has 0 spiro atoms. The summed E-state index contributed by atoms with van der Waals surface area (Å²) >= 11 is 0. The maximum Gasteiger partial charge on any atom is 0.234 e. The lowest BCUT2D eigenvalue weighted by Gasteiger charge is -2.40. The van der Waals surface area contributed by atoms with Crippen molar-refractivity contribution in [3.05, 3.63) is 0 Å². The van der Waals surface area contributed by atoms with E-state index in [1.165, 1.54) is 0 Å². The van der Waals surface area contributed by atoms with Crippen LogP contribution in [-0.2, 0) is 19.6 Å². The number of hydrogen-bond donors (Lipinski definition) is 3. The van der Waals surface area contributed by atoms with Crippen LogP contribution in [0.1, 0.15) is 46.0 Å². The van der Waals surface area contributed by atoms with Gasteiger partial charge in [-0.2, -0.15) is 0 Å². The Kier molecular flexibility index (Phi) is 6.80. The molecule has 0 radical (unpaired) electrons. The SMILES string of the molecule is CC(=O)NS(=O)(=O)CCC1OC(CC2CCC(C)C2)[C@@H](O)C(F)[C@@H]1O. The average Bonchev–Trinajstić information content (AvgIpc) is 2.90. The molecule has 2 rings (SSSR count). The molecule has 7 nitrogen and oxygen atoms in total. The van der Waals surface area contributed by atoms with Crippen LogP contribution in [0.4, 0.5) is 4.39 Å². The topological polar surface area (TPSA) is 113 Å². The van der Waals surface area contributed by atoms with Crippen LogP contribution in [0.2, 0.25) is 0 Å². The summed E-state index contributed by atoms with van der Waals surface area (Å²) in [5, 5.41) is 20.0. The molecule has 7 atom stereocenters. The fourth-order valence-corrected chi connectivity index (χ4v) is 4.92. The Morgan fingerprint density at radius 2 is 1.88 bits per heavy atom. The van der Waals surface area contributed by atoms with Crippen LogP contribution < -0.4 is 4.72 Å². The lowest BCUT2D eigenvalue weighted by molar-refractivity contribution is -0.207. The van der Waals surface area contributed by atoms with Crippen molar-refractivity contribution in [2.45, 2.75) is 76.5 Å². The lowest BCUT2D eigenvalue weighted by atomic mass is 9.88. The minimum absolute atomic E-state index is 0.158. The van der Waals surface area contributed by atoms with Gasteiger partial charge in [-0.3, -0.25) is 9.52 Å². The Morgan fingerprint density at radius 1 is 1.24 bits per heavy atom. The molecular weight excluding hydrogens is 353 g/mol. The molecule has 0 aromatic rings. The molecule has 1 aliphatic carbocycles. The van der Waals surface area contributed by atoms with Gasteiger partial charge in [0.25, 0.3) is 0 Å². The number of halogens is 1. The summed E-state index contributed by atoms with van der Waals surface area (Å²) in [6.45, 7) is 3.23. The molecule has 1 amide bonds. The van der Waals surface area contributed by atoms with Crippen molar-refractivity contribution in [3.8, 4) is 0 Å². The first-order valence-electron chi connectivity index (χ1n) is 8.75. The number of alkyl halides is 1. The van der Waals surface area contributed by atoms with E-state index in [1.807, 2.05) is 4.72 Å². The minimum Gasteiger partial charge on any atom is -0.387 e. The normalized spacial score (nSPS) is 39.3. The van der Waals surface area contributed by atoms with Crippen LogP contribution in [0.25, 0.3) is 0 Å². The summed E-state index contributed by atoms with van der Waals surface area (Å²) in [5.74, 6) is -0.251. The summed E-state index contributed by atoms with van der Waals surface area (Å²) in [7, 11) is -3.86. The van der Waals surface area contributed by atoms with Crippen LogP contribution >= 0.6 is 0 Å². The van der Waals surface area contributed by atoms with Crippen molar-refractivity contribution in [2.24, 2.45) is 11.8 Å². The number of aliphatic hydroxyl groups excluding tert-OH is 2. The molecule has 0 bridgehead atoms. The van der Waals surface area contributed by atoms with Gasteiger partial charge in [0.2, 0.25) is 15.9 Å². The van der Waals surface area contributed by atoms with Crippen molar-refractivity contribution < 1.29 is 32.6 Å². The minimum atomic E-state index is -3.86. The lowest BCUT2D eigenvalue weighted by Crippen LogP contribution is -2.56. The van der Waals surface area contributed by atoms with Crippen molar-refractivity contribution in [3.63, 3.8) is 0 Å². The number of carbonyl (C=O) groups is 1. The fraction of sp³-hybridized carbons (Fsp3) is 0.938. The molecule has 1 saturated carbocycles. The Morgan fingerprint density at radius 3 is 2.44 bits per heavy atom. The maximum atomic E-state index is 14.3. The Labute approximate surface area is 148 Å². The predicted molar refractivity (Wildman–Crippen MR) is 88.9 cm³/mol. The highest BCUT2D eigenvalue weighted by molar-refractivity contribution is 7.90. The van der Waals surface area contributed by atoms with E-state index in [4.69, 9.17) is 4.74 Å². The van der Waals surface area contributed by atoms with Gasteiger partial charge in [0, 0.05) is 6.92 Å². The number of ether oxygens (including phenoxy) is 1. The van der Waals surface area contributed by atoms with Gasteiger partial charge in [0.1, 0.15) is 12.2 Å². The molecule has 3 N–H and O–H groups in total. The summed E-state index contributed by atoms with van der Waals surface area (Å²) < 4.78 is 45.2. The Hall–Kier alpha value is -0.770. The summed E-state index contributed by atoms with van der Waals surface area (Å²) in [5.41, 5.74) is 0. The fourth-order valence-electron chi connectivity index (χ4n) is 3.84. The Balaban J connectivity index is 1.96. The Bertz CT molecular complexity index is 571. The third kappa shape index (κ3) is 5.60.